The predicted molar refractivity (Wildman–Crippen MR) is 130 cm³/mol. The number of nitrogens with one attached hydrogen (secondary N) is 1. The molecule has 0 bridgehead atoms. The first-order valence-electron chi connectivity index (χ1n) is 10.4. The van der Waals surface area contributed by atoms with Gasteiger partial charge in [0.05, 0.1) is 29.5 Å². The molecular formula is C25H25N3O5S. The standard InChI is InChI=1S/C25H25N3O5S/c1-18-9-14-22(15-19(18)2)28(34(31,32)23-7-5-4-6-8-23)17-24(29)27-26-16-20-10-12-21(13-11-20)25(30)33-3/h4-16H,17H2,1-3H3,(H,27,29)/b26-16-. The molecule has 34 heavy (non-hydrogen) atoms. The number of sulfonamides is 1. The molecule has 1 N–H and O–H groups in total. The summed E-state index contributed by atoms with van der Waals surface area (Å²) in [6, 6.07) is 19.6. The van der Waals surface area contributed by atoms with Crippen LogP contribution in [0.15, 0.2) is 82.8 Å². The molecule has 0 aliphatic heterocycles. The van der Waals surface area contributed by atoms with E-state index in [4.69, 9.17) is 0 Å². The van der Waals surface area contributed by atoms with Gasteiger partial charge in [-0.1, -0.05) is 36.4 Å². The van der Waals surface area contributed by atoms with E-state index in [0.717, 1.165) is 15.4 Å². The predicted octanol–water partition coefficient (Wildman–Crippen LogP) is 3.44. The smallest absolute Gasteiger partial charge is 0.337 e. The van der Waals surface area contributed by atoms with Crippen molar-refractivity contribution in [1.82, 2.24) is 5.43 Å². The Labute approximate surface area is 198 Å². The van der Waals surface area contributed by atoms with Crippen molar-refractivity contribution in [2.45, 2.75) is 18.7 Å². The number of hydrogen-bond donors (Lipinski definition) is 1. The fourth-order valence-electron chi connectivity index (χ4n) is 3.08. The van der Waals surface area contributed by atoms with Gasteiger partial charge in [-0.15, -0.1) is 0 Å². The highest BCUT2D eigenvalue weighted by Gasteiger charge is 2.27. The molecule has 0 aliphatic carbocycles. The van der Waals surface area contributed by atoms with Crippen molar-refractivity contribution in [3.8, 4) is 0 Å². The first kappa shape index (κ1) is 24.7. The number of rotatable bonds is 8. The summed E-state index contributed by atoms with van der Waals surface area (Å²) in [7, 11) is -2.70. The van der Waals surface area contributed by atoms with E-state index in [9.17, 15) is 18.0 Å². The zero-order chi connectivity index (χ0) is 24.7. The normalized spacial score (nSPS) is 11.3. The van der Waals surface area contributed by atoms with Crippen molar-refractivity contribution < 1.29 is 22.7 Å². The van der Waals surface area contributed by atoms with E-state index in [-0.39, 0.29) is 4.90 Å². The summed E-state index contributed by atoms with van der Waals surface area (Å²) in [6.07, 6.45) is 1.39. The van der Waals surface area contributed by atoms with Crippen molar-refractivity contribution in [2.24, 2.45) is 5.10 Å². The van der Waals surface area contributed by atoms with E-state index in [2.05, 4.69) is 15.3 Å². The molecular weight excluding hydrogens is 454 g/mol. The van der Waals surface area contributed by atoms with Crippen molar-refractivity contribution in [1.29, 1.82) is 0 Å². The van der Waals surface area contributed by atoms with Gasteiger partial charge in [0.2, 0.25) is 0 Å². The van der Waals surface area contributed by atoms with Crippen molar-refractivity contribution in [3.63, 3.8) is 0 Å². The van der Waals surface area contributed by atoms with Crippen LogP contribution in [0.3, 0.4) is 0 Å². The molecule has 0 aromatic heterocycles. The monoisotopic (exact) mass is 479 g/mol. The van der Waals surface area contributed by atoms with Gasteiger partial charge in [0.15, 0.2) is 0 Å². The minimum atomic E-state index is -3.99. The number of hydrazone groups is 1. The molecule has 0 saturated heterocycles. The highest BCUT2D eigenvalue weighted by atomic mass is 32.2. The Bertz CT molecular complexity index is 1300. The molecule has 3 aromatic carbocycles. The van der Waals surface area contributed by atoms with Crippen LogP contribution < -0.4 is 9.73 Å². The summed E-state index contributed by atoms with van der Waals surface area (Å²) in [5, 5.41) is 3.91. The van der Waals surface area contributed by atoms with E-state index in [1.807, 2.05) is 19.9 Å². The second kappa shape index (κ2) is 10.8. The molecule has 0 fully saturated rings. The maximum absolute atomic E-state index is 13.3. The summed E-state index contributed by atoms with van der Waals surface area (Å²) in [4.78, 5) is 24.2. The Balaban J connectivity index is 1.79. The SMILES string of the molecule is COC(=O)c1ccc(/C=N\NC(=O)CN(c2ccc(C)c(C)c2)S(=O)(=O)c2ccccc2)cc1. The molecule has 9 heteroatoms. The quantitative estimate of drug-likeness (QED) is 0.303. The van der Waals surface area contributed by atoms with Gasteiger partial charge in [-0.2, -0.15) is 5.10 Å². The van der Waals surface area contributed by atoms with E-state index in [0.29, 0.717) is 16.8 Å². The number of esters is 1. The van der Waals surface area contributed by atoms with Gasteiger partial charge in [0, 0.05) is 0 Å². The fourth-order valence-corrected chi connectivity index (χ4v) is 4.52. The molecule has 0 unspecified atom stereocenters. The van der Waals surface area contributed by atoms with Crippen molar-refractivity contribution in [3.05, 3.63) is 95.1 Å². The molecule has 0 radical (unpaired) electrons. The summed E-state index contributed by atoms with van der Waals surface area (Å²) in [5.41, 5.74) is 5.67. The molecule has 0 atom stereocenters. The number of carbonyl (C=O) groups is 2. The summed E-state index contributed by atoms with van der Waals surface area (Å²) < 4.78 is 32.4. The van der Waals surface area contributed by atoms with Crippen LogP contribution in [0.4, 0.5) is 5.69 Å². The second-order valence-corrected chi connectivity index (χ2v) is 9.36. The van der Waals surface area contributed by atoms with Crippen LogP contribution in [-0.4, -0.2) is 40.2 Å². The molecule has 3 aromatic rings. The Morgan fingerprint density at radius 1 is 0.971 bits per heavy atom. The number of carbonyl (C=O) groups excluding carboxylic acids is 2. The van der Waals surface area contributed by atoms with E-state index >= 15 is 0 Å². The van der Waals surface area contributed by atoms with Gasteiger partial charge in [-0.25, -0.2) is 18.6 Å². The third-order valence-corrected chi connectivity index (χ3v) is 6.92. The number of methoxy groups -OCH3 is 1. The summed E-state index contributed by atoms with van der Waals surface area (Å²) >= 11 is 0. The molecule has 8 nitrogen and oxygen atoms in total. The Hall–Kier alpha value is -3.98. The average Bonchev–Trinajstić information content (AvgIpc) is 2.84. The van der Waals surface area contributed by atoms with Gasteiger partial charge in [-0.3, -0.25) is 9.10 Å². The molecule has 176 valence electrons. The molecule has 0 spiro atoms. The summed E-state index contributed by atoms with van der Waals surface area (Å²) in [5.74, 6) is -1.07. The van der Waals surface area contributed by atoms with Crippen LogP contribution in [0, 0.1) is 13.8 Å². The van der Waals surface area contributed by atoms with Crippen molar-refractivity contribution >= 4 is 33.8 Å². The van der Waals surface area contributed by atoms with Crippen LogP contribution in [0.25, 0.3) is 0 Å². The highest BCUT2D eigenvalue weighted by molar-refractivity contribution is 7.92. The third-order valence-electron chi connectivity index (χ3n) is 5.13. The Morgan fingerprint density at radius 3 is 2.26 bits per heavy atom. The molecule has 0 saturated carbocycles. The fraction of sp³-hybridized carbons (Fsp3) is 0.160. The molecule has 1 amide bonds. The highest BCUT2D eigenvalue weighted by Crippen LogP contribution is 2.25. The number of aryl methyl sites for hydroxylation is 2. The Morgan fingerprint density at radius 2 is 1.65 bits per heavy atom. The van der Waals surface area contributed by atoms with E-state index in [1.54, 1.807) is 54.6 Å². The zero-order valence-electron chi connectivity index (χ0n) is 19.1. The largest absolute Gasteiger partial charge is 0.465 e. The average molecular weight is 480 g/mol. The van der Waals surface area contributed by atoms with Gasteiger partial charge in [0.25, 0.3) is 15.9 Å². The number of benzene rings is 3. The number of anilines is 1. The van der Waals surface area contributed by atoms with Crippen LogP contribution >= 0.6 is 0 Å². The zero-order valence-corrected chi connectivity index (χ0v) is 19.9. The minimum absolute atomic E-state index is 0.0789. The molecule has 0 aliphatic rings. The topological polar surface area (TPSA) is 105 Å². The minimum Gasteiger partial charge on any atom is -0.465 e. The third kappa shape index (κ3) is 5.87. The number of nitrogens with zero attached hydrogens (tertiary/aromatic N) is 2. The first-order chi connectivity index (χ1) is 16.2. The second-order valence-electron chi connectivity index (χ2n) is 7.50. The maximum Gasteiger partial charge on any atom is 0.337 e. The van der Waals surface area contributed by atoms with Crippen LogP contribution in [0.1, 0.15) is 27.0 Å². The van der Waals surface area contributed by atoms with Crippen LogP contribution in [-0.2, 0) is 19.6 Å². The van der Waals surface area contributed by atoms with E-state index < -0.39 is 28.4 Å². The lowest BCUT2D eigenvalue weighted by molar-refractivity contribution is -0.119. The maximum atomic E-state index is 13.3. The number of amides is 1. The van der Waals surface area contributed by atoms with Crippen LogP contribution in [0.5, 0.6) is 0 Å². The lowest BCUT2D eigenvalue weighted by Gasteiger charge is -2.24. The number of hydrogen-bond acceptors (Lipinski definition) is 6. The van der Waals surface area contributed by atoms with Crippen LogP contribution in [0.2, 0.25) is 0 Å². The van der Waals surface area contributed by atoms with E-state index in [1.165, 1.54) is 25.5 Å². The van der Waals surface area contributed by atoms with Gasteiger partial charge in [-0.05, 0) is 66.9 Å². The van der Waals surface area contributed by atoms with Gasteiger partial charge in [0.1, 0.15) is 6.54 Å². The molecule has 3 rings (SSSR count). The van der Waals surface area contributed by atoms with Crippen molar-refractivity contribution in [2.75, 3.05) is 18.0 Å². The van der Waals surface area contributed by atoms with Gasteiger partial charge < -0.3 is 4.74 Å². The number of ether oxygens (including phenoxy) is 1. The van der Waals surface area contributed by atoms with Gasteiger partial charge >= 0.3 is 5.97 Å². The first-order valence-corrected chi connectivity index (χ1v) is 11.8. The summed E-state index contributed by atoms with van der Waals surface area (Å²) in [6.45, 7) is 3.34. The lowest BCUT2D eigenvalue weighted by Crippen LogP contribution is -2.39. The molecule has 0 heterocycles. The lowest BCUT2D eigenvalue weighted by atomic mass is 10.1. The Kier molecular flexibility index (Phi) is 7.80.